The van der Waals surface area contributed by atoms with Crippen molar-refractivity contribution in [1.29, 1.82) is 0 Å². The van der Waals surface area contributed by atoms with E-state index in [0.29, 0.717) is 22.9 Å². The van der Waals surface area contributed by atoms with E-state index in [1.54, 1.807) is 0 Å². The molecule has 1 aromatic heterocycles. The molecule has 0 aliphatic heterocycles. The lowest BCUT2D eigenvalue weighted by Crippen LogP contribution is -2.37. The summed E-state index contributed by atoms with van der Waals surface area (Å²) in [5.41, 5.74) is 1.63. The number of amides is 2. The molecule has 2 aromatic rings. The molecule has 2 saturated carbocycles. The van der Waals surface area contributed by atoms with E-state index in [-0.39, 0.29) is 11.8 Å². The van der Waals surface area contributed by atoms with Crippen LogP contribution >= 0.6 is 11.8 Å². The second kappa shape index (κ2) is 8.98. The van der Waals surface area contributed by atoms with E-state index in [0.717, 1.165) is 42.9 Å². The highest BCUT2D eigenvalue weighted by Crippen LogP contribution is 2.41. The monoisotopic (exact) mass is 413 g/mol. The zero-order chi connectivity index (χ0) is 20.2. The van der Waals surface area contributed by atoms with Gasteiger partial charge in [-0.05, 0) is 43.9 Å². The van der Waals surface area contributed by atoms with Crippen molar-refractivity contribution in [3.63, 3.8) is 0 Å². The Balaban J connectivity index is 1.49. The number of carbonyl (C=O) groups excluding carboxylic acids is 2. The number of anilines is 1. The second-order valence-electron chi connectivity index (χ2n) is 7.87. The van der Waals surface area contributed by atoms with Crippen LogP contribution in [0.15, 0.2) is 29.4 Å². The van der Waals surface area contributed by atoms with Gasteiger partial charge in [0.1, 0.15) is 5.82 Å². The predicted molar refractivity (Wildman–Crippen MR) is 113 cm³/mol. The minimum Gasteiger partial charge on any atom is -0.353 e. The van der Waals surface area contributed by atoms with Gasteiger partial charge in [-0.3, -0.25) is 14.2 Å². The lowest BCUT2D eigenvalue weighted by Gasteiger charge is -2.22. The zero-order valence-electron chi connectivity index (χ0n) is 16.7. The Hall–Kier alpha value is -2.35. The largest absolute Gasteiger partial charge is 0.353 e. The molecule has 2 aliphatic carbocycles. The Bertz CT molecular complexity index is 887. The summed E-state index contributed by atoms with van der Waals surface area (Å²) < 4.78 is 2.03. The van der Waals surface area contributed by atoms with Crippen LogP contribution in [0, 0.1) is 0 Å². The molecule has 0 atom stereocenters. The molecule has 8 heteroatoms. The third-order valence-electron chi connectivity index (χ3n) is 5.33. The number of benzene rings is 1. The van der Waals surface area contributed by atoms with E-state index in [4.69, 9.17) is 0 Å². The van der Waals surface area contributed by atoms with Crippen molar-refractivity contribution in [3.8, 4) is 5.69 Å². The number of rotatable bonds is 7. The van der Waals surface area contributed by atoms with Gasteiger partial charge in [-0.15, -0.1) is 10.2 Å². The van der Waals surface area contributed by atoms with Crippen molar-refractivity contribution in [1.82, 2.24) is 20.1 Å². The van der Waals surface area contributed by atoms with Crippen LogP contribution in [0.3, 0.4) is 0 Å². The third-order valence-corrected chi connectivity index (χ3v) is 6.26. The number of aromatic nitrogens is 3. The highest BCUT2D eigenvalue weighted by Gasteiger charge is 2.31. The van der Waals surface area contributed by atoms with Gasteiger partial charge in [0.25, 0.3) is 0 Å². The molecule has 29 heavy (non-hydrogen) atoms. The Morgan fingerprint density at radius 2 is 1.93 bits per heavy atom. The van der Waals surface area contributed by atoms with Crippen molar-refractivity contribution >= 4 is 29.3 Å². The zero-order valence-corrected chi connectivity index (χ0v) is 17.5. The molecule has 0 radical (unpaired) electrons. The van der Waals surface area contributed by atoms with Gasteiger partial charge in [-0.2, -0.15) is 0 Å². The molecule has 0 spiro atoms. The van der Waals surface area contributed by atoms with Crippen LogP contribution in [0.5, 0.6) is 0 Å². The average molecular weight is 414 g/mol. The van der Waals surface area contributed by atoms with Crippen LogP contribution in [0.25, 0.3) is 5.69 Å². The molecule has 0 saturated heterocycles. The normalized spacial score (nSPS) is 17.1. The van der Waals surface area contributed by atoms with E-state index in [1.807, 2.05) is 28.8 Å². The molecule has 1 aromatic carbocycles. The summed E-state index contributed by atoms with van der Waals surface area (Å²) in [6.45, 7) is 1.49. The van der Waals surface area contributed by atoms with Crippen molar-refractivity contribution in [2.75, 3.05) is 11.1 Å². The van der Waals surface area contributed by atoms with Crippen LogP contribution in [0.1, 0.15) is 63.6 Å². The Morgan fingerprint density at radius 3 is 2.66 bits per heavy atom. The van der Waals surface area contributed by atoms with Gasteiger partial charge < -0.3 is 10.6 Å². The SMILES string of the molecule is CC(=O)Nc1cccc(-n2c(SCC(=O)NC3CCCCC3)nnc2C2CC2)c1. The number of hydrogen-bond donors (Lipinski definition) is 2. The molecule has 4 rings (SSSR count). The van der Waals surface area contributed by atoms with Crippen molar-refractivity contribution in [2.45, 2.75) is 69.0 Å². The lowest BCUT2D eigenvalue weighted by atomic mass is 9.95. The van der Waals surface area contributed by atoms with Crippen LogP contribution in [0.4, 0.5) is 5.69 Å². The van der Waals surface area contributed by atoms with Gasteiger partial charge in [0.15, 0.2) is 5.16 Å². The van der Waals surface area contributed by atoms with Gasteiger partial charge in [0.05, 0.1) is 11.4 Å². The molecular weight excluding hydrogens is 386 g/mol. The van der Waals surface area contributed by atoms with Crippen LogP contribution in [-0.4, -0.2) is 38.4 Å². The molecule has 7 nitrogen and oxygen atoms in total. The number of nitrogens with one attached hydrogen (secondary N) is 2. The Kier molecular flexibility index (Phi) is 6.18. The molecular formula is C21H27N5O2S. The molecule has 2 fully saturated rings. The lowest BCUT2D eigenvalue weighted by molar-refractivity contribution is -0.119. The van der Waals surface area contributed by atoms with Crippen molar-refractivity contribution in [2.24, 2.45) is 0 Å². The summed E-state index contributed by atoms with van der Waals surface area (Å²) in [6.07, 6.45) is 8.03. The minimum absolute atomic E-state index is 0.0522. The maximum atomic E-state index is 12.4. The standard InChI is InChI=1S/C21H27N5O2S/c1-14(27)22-17-8-5-9-18(12-17)26-20(15-10-11-15)24-25-21(26)29-13-19(28)23-16-6-3-2-4-7-16/h5,8-9,12,15-16H,2-4,6-7,10-11,13H2,1H3,(H,22,27)(H,23,28). The van der Waals surface area contributed by atoms with Crippen LogP contribution in [-0.2, 0) is 9.59 Å². The fourth-order valence-corrected chi connectivity index (χ4v) is 4.57. The van der Waals surface area contributed by atoms with E-state index < -0.39 is 0 Å². The van der Waals surface area contributed by atoms with Crippen LogP contribution < -0.4 is 10.6 Å². The van der Waals surface area contributed by atoms with Crippen molar-refractivity contribution in [3.05, 3.63) is 30.1 Å². The van der Waals surface area contributed by atoms with Crippen molar-refractivity contribution < 1.29 is 9.59 Å². The Labute approximate surface area is 175 Å². The highest BCUT2D eigenvalue weighted by atomic mass is 32.2. The summed E-state index contributed by atoms with van der Waals surface area (Å²) >= 11 is 1.41. The van der Waals surface area contributed by atoms with E-state index in [1.165, 1.54) is 37.9 Å². The summed E-state index contributed by atoms with van der Waals surface area (Å²) in [5, 5.41) is 15.5. The number of hydrogen-bond acceptors (Lipinski definition) is 5. The van der Waals surface area contributed by atoms with E-state index in [2.05, 4.69) is 20.8 Å². The van der Waals surface area contributed by atoms with E-state index in [9.17, 15) is 9.59 Å². The molecule has 0 unspecified atom stereocenters. The Morgan fingerprint density at radius 1 is 1.14 bits per heavy atom. The highest BCUT2D eigenvalue weighted by molar-refractivity contribution is 7.99. The molecule has 0 bridgehead atoms. The predicted octanol–water partition coefficient (Wildman–Crippen LogP) is 3.64. The topological polar surface area (TPSA) is 88.9 Å². The van der Waals surface area contributed by atoms with Gasteiger partial charge in [0.2, 0.25) is 11.8 Å². The van der Waals surface area contributed by atoms with Gasteiger partial charge in [-0.25, -0.2) is 0 Å². The van der Waals surface area contributed by atoms with Gasteiger partial charge in [-0.1, -0.05) is 37.1 Å². The van der Waals surface area contributed by atoms with Gasteiger partial charge >= 0.3 is 0 Å². The van der Waals surface area contributed by atoms with Crippen LogP contribution in [0.2, 0.25) is 0 Å². The average Bonchev–Trinajstić information content (AvgIpc) is 3.46. The fraction of sp³-hybridized carbons (Fsp3) is 0.524. The summed E-state index contributed by atoms with van der Waals surface area (Å²) in [4.78, 5) is 23.8. The first-order chi connectivity index (χ1) is 14.1. The summed E-state index contributed by atoms with van der Waals surface area (Å²) in [5.74, 6) is 1.61. The molecule has 1 heterocycles. The van der Waals surface area contributed by atoms with E-state index >= 15 is 0 Å². The molecule has 2 aliphatic rings. The number of nitrogens with zero attached hydrogens (tertiary/aromatic N) is 3. The quantitative estimate of drug-likeness (QED) is 0.677. The molecule has 2 N–H and O–H groups in total. The maximum absolute atomic E-state index is 12.4. The fourth-order valence-electron chi connectivity index (χ4n) is 3.80. The maximum Gasteiger partial charge on any atom is 0.230 e. The first-order valence-corrected chi connectivity index (χ1v) is 11.3. The minimum atomic E-state index is -0.109. The third kappa shape index (κ3) is 5.18. The first-order valence-electron chi connectivity index (χ1n) is 10.4. The number of carbonyl (C=O) groups is 2. The first kappa shape index (κ1) is 19.9. The summed E-state index contributed by atoms with van der Waals surface area (Å²) in [6, 6.07) is 7.97. The smallest absolute Gasteiger partial charge is 0.230 e. The molecule has 154 valence electrons. The van der Waals surface area contributed by atoms with Gasteiger partial charge in [0, 0.05) is 24.6 Å². The second-order valence-corrected chi connectivity index (χ2v) is 8.82. The number of thioether (sulfide) groups is 1. The summed E-state index contributed by atoms with van der Waals surface area (Å²) in [7, 11) is 0. The molecule has 2 amide bonds.